The Bertz CT molecular complexity index is 1860. The van der Waals surface area contributed by atoms with Crippen LogP contribution in [0.2, 0.25) is 0 Å². The van der Waals surface area contributed by atoms with Gasteiger partial charge in [-0.05, 0) is 42.8 Å². The molecule has 0 fully saturated rings. The molecule has 4 N–H and O–H groups in total. The first kappa shape index (κ1) is 31.2. The molecule has 0 aliphatic carbocycles. The van der Waals surface area contributed by atoms with E-state index in [4.69, 9.17) is 4.55 Å². The summed E-state index contributed by atoms with van der Waals surface area (Å²) in [6.45, 7) is 1.30. The summed E-state index contributed by atoms with van der Waals surface area (Å²) in [4.78, 5) is -2.18. The van der Waals surface area contributed by atoms with Gasteiger partial charge in [0, 0.05) is 10.8 Å². The molecule has 0 amide bonds. The molecule has 0 saturated heterocycles. The van der Waals surface area contributed by atoms with E-state index in [9.17, 15) is 47.9 Å². The van der Waals surface area contributed by atoms with Crippen LogP contribution < -0.4 is 0 Å². The average Bonchev–Trinajstić information content (AvgIpc) is 2.75. The van der Waals surface area contributed by atoms with Crippen LogP contribution in [0.5, 0.6) is 5.75 Å². The molecule has 19 heteroatoms. The first-order valence-electron chi connectivity index (χ1n) is 9.42. The predicted octanol–water partition coefficient (Wildman–Crippen LogP) is 2.95. The molecule has 3 aromatic carbocycles. The number of phenolic OH excluding ortho intramolecular Hbond substituents is 1. The number of hydrogen-bond donors (Lipinski definition) is 4. The third kappa shape index (κ3) is 6.88. The molecule has 0 atom stereocenters. The van der Waals surface area contributed by atoms with E-state index >= 15 is 0 Å². The van der Waals surface area contributed by atoms with Gasteiger partial charge < -0.3 is 5.11 Å². The highest BCUT2D eigenvalue weighted by molar-refractivity contribution is 7.92. The van der Waals surface area contributed by atoms with Gasteiger partial charge in [-0.3, -0.25) is 13.7 Å². The van der Waals surface area contributed by atoms with Crippen LogP contribution in [0.4, 0.5) is 11.4 Å². The maximum Gasteiger partial charge on any atom is 0.398 e. The van der Waals surface area contributed by atoms with Crippen molar-refractivity contribution in [3.63, 3.8) is 0 Å². The fourth-order valence-electron chi connectivity index (χ4n) is 3.16. The zero-order chi connectivity index (χ0) is 28.0. The van der Waals surface area contributed by atoms with E-state index in [1.54, 1.807) is 0 Å². The smallest absolute Gasteiger partial charge is 0.398 e. The number of aromatic hydroxyl groups is 1. The summed E-state index contributed by atoms with van der Waals surface area (Å²) >= 11 is 0. The lowest BCUT2D eigenvalue weighted by Gasteiger charge is -2.12. The van der Waals surface area contributed by atoms with E-state index in [0.717, 1.165) is 24.3 Å². The van der Waals surface area contributed by atoms with Crippen LogP contribution in [0, 0.1) is 6.92 Å². The topological polar surface area (TPSA) is 251 Å². The quantitative estimate of drug-likeness (QED) is 0.211. The lowest BCUT2D eigenvalue weighted by Crippen LogP contribution is -2.14. The van der Waals surface area contributed by atoms with Crippen molar-refractivity contribution < 1.29 is 56.6 Å². The van der Waals surface area contributed by atoms with Crippen molar-refractivity contribution in [2.75, 3.05) is 5.94 Å². The standard InChI is InChI=1S/C18H16N2O13S4.CH4/c1-10-2-7-13-14(18(10)36(27,28)29)8-15(35(24,25)26)16(17(13)21)20-19-11-3-5-12(6-4-11)34(22,23)9-33-37(30,31)32;/h2-8,21H,9H2,1H3,(H,24,25,26)(H,27,28,29)(H,30,31,32);1H4. The van der Waals surface area contributed by atoms with Gasteiger partial charge in [-0.25, -0.2) is 12.6 Å². The number of benzene rings is 3. The molecule has 38 heavy (non-hydrogen) atoms. The number of hydrogen-bond acceptors (Lipinski definition) is 12. The van der Waals surface area contributed by atoms with Crippen molar-refractivity contribution >= 4 is 62.6 Å². The number of fused-ring (bicyclic) bond motifs is 1. The van der Waals surface area contributed by atoms with Gasteiger partial charge in [-0.2, -0.15) is 30.4 Å². The number of rotatable bonds is 8. The van der Waals surface area contributed by atoms with Gasteiger partial charge in [0.1, 0.15) is 15.5 Å². The largest absolute Gasteiger partial charge is 0.505 e. The second-order valence-electron chi connectivity index (χ2n) is 7.30. The summed E-state index contributed by atoms with van der Waals surface area (Å²) in [5, 5.41) is 17.3. The highest BCUT2D eigenvalue weighted by atomic mass is 32.3. The van der Waals surface area contributed by atoms with Crippen LogP contribution in [-0.2, 0) is 44.7 Å². The monoisotopic (exact) mass is 612 g/mol. The van der Waals surface area contributed by atoms with E-state index < -0.39 is 77.9 Å². The van der Waals surface area contributed by atoms with Crippen molar-refractivity contribution in [1.82, 2.24) is 0 Å². The maximum atomic E-state index is 12.1. The van der Waals surface area contributed by atoms with E-state index in [2.05, 4.69) is 14.4 Å². The summed E-state index contributed by atoms with van der Waals surface area (Å²) in [6, 6.07) is 7.17. The first-order valence-corrected chi connectivity index (χ1v) is 15.3. The number of aryl methyl sites for hydroxylation is 1. The van der Waals surface area contributed by atoms with Gasteiger partial charge in [0.25, 0.3) is 20.2 Å². The zero-order valence-corrected chi connectivity index (χ0v) is 21.5. The fraction of sp³-hybridized carbons (Fsp3) is 0.158. The Kier molecular flexibility index (Phi) is 8.71. The molecule has 3 aromatic rings. The van der Waals surface area contributed by atoms with Crippen LogP contribution in [0.1, 0.15) is 13.0 Å². The van der Waals surface area contributed by atoms with Gasteiger partial charge in [-0.15, -0.1) is 5.11 Å². The molecule has 0 radical (unpaired) electrons. The summed E-state index contributed by atoms with van der Waals surface area (Å²) in [5.74, 6) is -2.29. The van der Waals surface area contributed by atoms with Crippen molar-refractivity contribution in [3.8, 4) is 5.75 Å². The molecular formula is C19H20N2O13S4. The lowest BCUT2D eigenvalue weighted by atomic mass is 10.1. The van der Waals surface area contributed by atoms with Crippen molar-refractivity contribution in [2.24, 2.45) is 10.2 Å². The lowest BCUT2D eigenvalue weighted by molar-refractivity contribution is 0.306. The van der Waals surface area contributed by atoms with Crippen LogP contribution in [0.15, 0.2) is 67.4 Å². The predicted molar refractivity (Wildman–Crippen MR) is 132 cm³/mol. The Balaban J connectivity index is 0.00000507. The minimum absolute atomic E-state index is 0. The molecular weight excluding hydrogens is 592 g/mol. The molecule has 0 aliphatic heterocycles. The van der Waals surface area contributed by atoms with Crippen molar-refractivity contribution in [2.45, 2.75) is 29.0 Å². The van der Waals surface area contributed by atoms with Gasteiger partial charge in [0.2, 0.25) is 9.84 Å². The number of sulfone groups is 1. The summed E-state index contributed by atoms with van der Waals surface area (Å²) < 4.78 is 125. The van der Waals surface area contributed by atoms with E-state index in [1.165, 1.54) is 19.1 Å². The van der Waals surface area contributed by atoms with Gasteiger partial charge >= 0.3 is 10.4 Å². The van der Waals surface area contributed by atoms with Gasteiger partial charge in [0.15, 0.2) is 11.7 Å². The molecule has 0 unspecified atom stereocenters. The second-order valence-corrected chi connectivity index (χ2v) is 13.1. The third-order valence-corrected chi connectivity index (χ3v) is 8.64. The van der Waals surface area contributed by atoms with Gasteiger partial charge in [-0.1, -0.05) is 19.6 Å². The summed E-state index contributed by atoms with van der Waals surface area (Å²) in [6.07, 6.45) is 0. The number of phenols is 1. The van der Waals surface area contributed by atoms with E-state index in [1.807, 2.05) is 0 Å². The van der Waals surface area contributed by atoms with E-state index in [0.29, 0.717) is 6.07 Å². The normalized spacial score (nSPS) is 13.1. The Morgan fingerprint density at radius 1 is 0.789 bits per heavy atom. The average molecular weight is 613 g/mol. The molecule has 208 valence electrons. The summed E-state index contributed by atoms with van der Waals surface area (Å²) in [7, 11) is -19.3. The molecule has 0 aliphatic rings. The Labute approximate surface area is 217 Å². The highest BCUT2D eigenvalue weighted by Crippen LogP contribution is 2.43. The van der Waals surface area contributed by atoms with Crippen LogP contribution in [0.25, 0.3) is 10.8 Å². The molecule has 0 bridgehead atoms. The van der Waals surface area contributed by atoms with E-state index in [-0.39, 0.29) is 24.1 Å². The molecule has 3 rings (SSSR count). The zero-order valence-electron chi connectivity index (χ0n) is 18.2. The van der Waals surface area contributed by atoms with Crippen LogP contribution >= 0.6 is 0 Å². The van der Waals surface area contributed by atoms with Crippen LogP contribution in [0.3, 0.4) is 0 Å². The van der Waals surface area contributed by atoms with Crippen molar-refractivity contribution in [3.05, 3.63) is 48.0 Å². The first-order chi connectivity index (χ1) is 16.8. The minimum atomic E-state index is -5.12. The highest BCUT2D eigenvalue weighted by Gasteiger charge is 2.26. The molecule has 0 heterocycles. The Morgan fingerprint density at radius 2 is 1.37 bits per heavy atom. The SMILES string of the molecule is C.Cc1ccc2c(O)c(N=Nc3ccc(S(=O)(=O)COS(=O)(=O)O)cc3)c(S(=O)(=O)O)cc2c1S(=O)(=O)O. The maximum absolute atomic E-state index is 12.1. The van der Waals surface area contributed by atoms with Crippen molar-refractivity contribution in [1.29, 1.82) is 0 Å². The number of azo groups is 1. The molecule has 0 saturated carbocycles. The fourth-order valence-corrected chi connectivity index (χ4v) is 6.41. The molecule has 0 spiro atoms. The number of nitrogens with zero attached hydrogens (tertiary/aromatic N) is 2. The summed E-state index contributed by atoms with van der Waals surface area (Å²) in [5.41, 5.74) is -0.876. The molecule has 15 nitrogen and oxygen atoms in total. The Morgan fingerprint density at radius 3 is 1.87 bits per heavy atom. The second kappa shape index (κ2) is 10.6. The molecule has 0 aromatic heterocycles. The van der Waals surface area contributed by atoms with Gasteiger partial charge in [0.05, 0.1) is 10.6 Å². The minimum Gasteiger partial charge on any atom is -0.505 e. The Hall–Kier alpha value is -3.04. The third-order valence-electron chi connectivity index (χ3n) is 4.73. The van der Waals surface area contributed by atoms with Crippen LogP contribution in [-0.4, -0.2) is 58.4 Å².